The predicted octanol–water partition coefficient (Wildman–Crippen LogP) is 3.95. The second-order valence-corrected chi connectivity index (χ2v) is 6.32. The van der Waals surface area contributed by atoms with Gasteiger partial charge in [-0.1, -0.05) is 11.6 Å². The first kappa shape index (κ1) is 16.4. The molecule has 0 unspecified atom stereocenters. The molecule has 0 fully saturated rings. The lowest BCUT2D eigenvalue weighted by Crippen LogP contribution is -2.14. The van der Waals surface area contributed by atoms with Crippen LogP contribution < -0.4 is 10.1 Å². The number of halogens is 1. The lowest BCUT2D eigenvalue weighted by molar-refractivity contribution is -0.115. The van der Waals surface area contributed by atoms with E-state index >= 15 is 0 Å². The first-order valence-corrected chi connectivity index (χ1v) is 8.46. The summed E-state index contributed by atoms with van der Waals surface area (Å²) in [6.07, 6.45) is 3.48. The van der Waals surface area contributed by atoms with Gasteiger partial charge in [0, 0.05) is 28.5 Å². The zero-order chi connectivity index (χ0) is 16.8. The summed E-state index contributed by atoms with van der Waals surface area (Å²) in [6, 6.07) is 10.6. The fourth-order valence-corrected chi connectivity index (χ4v) is 2.81. The third kappa shape index (κ3) is 4.78. The number of pyridine rings is 1. The maximum absolute atomic E-state index is 12.0. The minimum absolute atomic E-state index is 0.114. The number of anilines is 1. The number of thiazole rings is 1. The fraction of sp³-hybridized carbons (Fsp3) is 0.118. The molecule has 3 aromatic rings. The Kier molecular flexibility index (Phi) is 5.40. The zero-order valence-corrected chi connectivity index (χ0v) is 14.2. The van der Waals surface area contributed by atoms with Gasteiger partial charge in [0.05, 0.1) is 12.1 Å². The van der Waals surface area contributed by atoms with Crippen LogP contribution in [0.3, 0.4) is 0 Å². The minimum atomic E-state index is -0.114. The second-order valence-electron chi connectivity index (χ2n) is 4.94. The lowest BCUT2D eigenvalue weighted by atomic mass is 10.3. The van der Waals surface area contributed by atoms with E-state index in [0.717, 1.165) is 22.1 Å². The van der Waals surface area contributed by atoms with E-state index in [1.165, 1.54) is 11.3 Å². The quantitative estimate of drug-likeness (QED) is 0.723. The number of aromatic nitrogens is 2. The molecule has 1 aromatic carbocycles. The van der Waals surface area contributed by atoms with Gasteiger partial charge >= 0.3 is 0 Å². The molecule has 3 rings (SSSR count). The molecule has 7 heteroatoms. The maximum atomic E-state index is 12.0. The number of carbonyl (C=O) groups is 1. The van der Waals surface area contributed by atoms with E-state index in [2.05, 4.69) is 15.3 Å². The first-order valence-electron chi connectivity index (χ1n) is 7.20. The van der Waals surface area contributed by atoms with Crippen molar-refractivity contribution in [2.45, 2.75) is 13.0 Å². The number of hydrogen-bond donors (Lipinski definition) is 1. The van der Waals surface area contributed by atoms with Gasteiger partial charge in [-0.05, 0) is 36.4 Å². The molecule has 0 atom stereocenters. The Morgan fingerprint density at radius 3 is 2.67 bits per heavy atom. The fourth-order valence-electron chi connectivity index (χ4n) is 1.98. The summed E-state index contributed by atoms with van der Waals surface area (Å²) in [5, 5.41) is 6.15. The SMILES string of the molecule is O=C(Cc1csc(COc2ccc(Cl)cc2)n1)Nc1ccncc1. The summed E-state index contributed by atoms with van der Waals surface area (Å²) in [5.41, 5.74) is 1.44. The molecule has 122 valence electrons. The van der Waals surface area contributed by atoms with Crippen molar-refractivity contribution in [1.82, 2.24) is 9.97 Å². The molecular formula is C17H14ClN3O2S. The second kappa shape index (κ2) is 7.90. The third-order valence-corrected chi connectivity index (χ3v) is 4.20. The van der Waals surface area contributed by atoms with Gasteiger partial charge in [-0.25, -0.2) is 4.98 Å². The van der Waals surface area contributed by atoms with E-state index in [1.54, 1.807) is 48.8 Å². The van der Waals surface area contributed by atoms with Gasteiger partial charge in [-0.2, -0.15) is 0 Å². The van der Waals surface area contributed by atoms with Crippen molar-refractivity contribution in [3.63, 3.8) is 0 Å². The smallest absolute Gasteiger partial charge is 0.230 e. The highest BCUT2D eigenvalue weighted by Gasteiger charge is 2.09. The Morgan fingerprint density at radius 1 is 1.17 bits per heavy atom. The van der Waals surface area contributed by atoms with Crippen LogP contribution >= 0.6 is 22.9 Å². The molecule has 1 N–H and O–H groups in total. The Balaban J connectivity index is 1.51. The summed E-state index contributed by atoms with van der Waals surface area (Å²) >= 11 is 7.30. The molecule has 0 aliphatic heterocycles. The highest BCUT2D eigenvalue weighted by molar-refractivity contribution is 7.09. The van der Waals surface area contributed by atoms with E-state index in [1.807, 2.05) is 5.38 Å². The van der Waals surface area contributed by atoms with Crippen LogP contribution in [0.5, 0.6) is 5.75 Å². The predicted molar refractivity (Wildman–Crippen MR) is 94.5 cm³/mol. The molecule has 0 saturated carbocycles. The van der Waals surface area contributed by atoms with Crippen LogP contribution in [0.4, 0.5) is 5.69 Å². The number of amides is 1. The van der Waals surface area contributed by atoms with Crippen molar-refractivity contribution in [1.29, 1.82) is 0 Å². The van der Waals surface area contributed by atoms with Crippen molar-refractivity contribution < 1.29 is 9.53 Å². The van der Waals surface area contributed by atoms with Crippen LogP contribution in [-0.4, -0.2) is 15.9 Å². The summed E-state index contributed by atoms with van der Waals surface area (Å²) in [7, 11) is 0. The summed E-state index contributed by atoms with van der Waals surface area (Å²) in [4.78, 5) is 20.3. The molecular weight excluding hydrogens is 346 g/mol. The number of hydrogen-bond acceptors (Lipinski definition) is 5. The number of rotatable bonds is 6. The topological polar surface area (TPSA) is 64.1 Å². The van der Waals surface area contributed by atoms with Gasteiger partial charge in [0.1, 0.15) is 17.4 Å². The van der Waals surface area contributed by atoms with Crippen molar-refractivity contribution >= 4 is 34.5 Å². The molecule has 1 amide bonds. The molecule has 0 bridgehead atoms. The largest absolute Gasteiger partial charge is 0.486 e. The summed E-state index contributed by atoms with van der Waals surface area (Å²) in [6.45, 7) is 0.359. The zero-order valence-electron chi connectivity index (χ0n) is 12.6. The number of benzene rings is 1. The number of nitrogens with one attached hydrogen (secondary N) is 1. The van der Waals surface area contributed by atoms with Gasteiger partial charge in [0.2, 0.25) is 5.91 Å². The first-order chi connectivity index (χ1) is 11.7. The average Bonchev–Trinajstić information content (AvgIpc) is 3.02. The molecule has 0 radical (unpaired) electrons. The molecule has 2 heterocycles. The molecule has 5 nitrogen and oxygen atoms in total. The van der Waals surface area contributed by atoms with E-state index in [0.29, 0.717) is 11.6 Å². The Hall–Kier alpha value is -2.44. The highest BCUT2D eigenvalue weighted by atomic mass is 35.5. The van der Waals surface area contributed by atoms with E-state index < -0.39 is 0 Å². The third-order valence-electron chi connectivity index (χ3n) is 3.08. The van der Waals surface area contributed by atoms with Gasteiger partial charge in [0.25, 0.3) is 0 Å². The summed E-state index contributed by atoms with van der Waals surface area (Å²) in [5.74, 6) is 0.614. The average molecular weight is 360 g/mol. The van der Waals surface area contributed by atoms with E-state index in [-0.39, 0.29) is 12.3 Å². The van der Waals surface area contributed by atoms with Gasteiger partial charge < -0.3 is 10.1 Å². The normalized spacial score (nSPS) is 10.4. The van der Waals surface area contributed by atoms with Crippen LogP contribution in [0, 0.1) is 0 Å². The van der Waals surface area contributed by atoms with Crippen LogP contribution in [0.25, 0.3) is 0 Å². The van der Waals surface area contributed by atoms with Crippen molar-refractivity contribution in [3.05, 3.63) is 69.9 Å². The molecule has 0 spiro atoms. The van der Waals surface area contributed by atoms with Crippen molar-refractivity contribution in [2.24, 2.45) is 0 Å². The lowest BCUT2D eigenvalue weighted by Gasteiger charge is -2.04. The van der Waals surface area contributed by atoms with Crippen LogP contribution in [0.2, 0.25) is 5.02 Å². The molecule has 0 aliphatic rings. The monoisotopic (exact) mass is 359 g/mol. The van der Waals surface area contributed by atoms with Gasteiger partial charge in [-0.15, -0.1) is 11.3 Å². The van der Waals surface area contributed by atoms with Gasteiger partial charge in [0.15, 0.2) is 0 Å². The standard InChI is InChI=1S/C17H14ClN3O2S/c18-12-1-3-15(4-2-12)23-10-17-21-14(11-24-17)9-16(22)20-13-5-7-19-8-6-13/h1-8,11H,9-10H2,(H,19,20,22). The van der Waals surface area contributed by atoms with Crippen LogP contribution in [-0.2, 0) is 17.8 Å². The van der Waals surface area contributed by atoms with Crippen LogP contribution in [0.1, 0.15) is 10.7 Å². The Morgan fingerprint density at radius 2 is 1.92 bits per heavy atom. The Labute approximate surface area is 148 Å². The van der Waals surface area contributed by atoms with E-state index in [4.69, 9.17) is 16.3 Å². The molecule has 2 aromatic heterocycles. The molecule has 0 aliphatic carbocycles. The highest BCUT2D eigenvalue weighted by Crippen LogP contribution is 2.18. The number of carbonyl (C=O) groups excluding carboxylic acids is 1. The van der Waals surface area contributed by atoms with Crippen molar-refractivity contribution in [3.8, 4) is 5.75 Å². The number of ether oxygens (including phenoxy) is 1. The van der Waals surface area contributed by atoms with Crippen LogP contribution in [0.15, 0.2) is 54.2 Å². The maximum Gasteiger partial charge on any atom is 0.230 e. The van der Waals surface area contributed by atoms with E-state index in [9.17, 15) is 4.79 Å². The molecule has 24 heavy (non-hydrogen) atoms. The Bertz CT molecular complexity index is 806. The van der Waals surface area contributed by atoms with Gasteiger partial charge in [-0.3, -0.25) is 9.78 Å². The number of nitrogens with zero attached hydrogens (tertiary/aromatic N) is 2. The van der Waals surface area contributed by atoms with Crippen molar-refractivity contribution in [2.75, 3.05) is 5.32 Å². The molecule has 0 saturated heterocycles. The minimum Gasteiger partial charge on any atom is -0.486 e. The summed E-state index contributed by atoms with van der Waals surface area (Å²) < 4.78 is 5.64.